The molecule has 2 atom stereocenters. The fraction of sp³-hybridized carbons (Fsp3) is 0.542. The molecule has 0 radical (unpaired) electrons. The van der Waals surface area contributed by atoms with Gasteiger partial charge in [-0.1, -0.05) is 23.7 Å². The molecule has 4 fully saturated rings. The second-order valence-electron chi connectivity index (χ2n) is 10.3. The van der Waals surface area contributed by atoms with Crippen molar-refractivity contribution in [3.05, 3.63) is 50.9 Å². The molecule has 4 saturated carbocycles. The van der Waals surface area contributed by atoms with E-state index in [9.17, 15) is 14.7 Å². The van der Waals surface area contributed by atoms with Crippen LogP contribution < -0.4 is 10.9 Å². The van der Waals surface area contributed by atoms with E-state index in [1.807, 2.05) is 32.0 Å². The fourth-order valence-electron chi connectivity index (χ4n) is 7.05. The molecule has 0 saturated heterocycles. The van der Waals surface area contributed by atoms with Gasteiger partial charge in [0.2, 0.25) is 0 Å². The first-order chi connectivity index (χ1) is 14.7. The third-order valence-corrected chi connectivity index (χ3v) is 8.07. The zero-order valence-electron chi connectivity index (χ0n) is 17.9. The highest BCUT2D eigenvalue weighted by molar-refractivity contribution is 6.33. The number of hydrogen-bond acceptors (Lipinski definition) is 4. The Kier molecular flexibility index (Phi) is 4.70. The van der Waals surface area contributed by atoms with Gasteiger partial charge in [0.25, 0.3) is 5.56 Å². The molecule has 1 aromatic heterocycles. The highest BCUT2D eigenvalue weighted by atomic mass is 35.5. The van der Waals surface area contributed by atoms with Crippen molar-refractivity contribution >= 4 is 28.9 Å². The number of carboxylic acids is 1. The van der Waals surface area contributed by atoms with Crippen LogP contribution in [0.3, 0.4) is 0 Å². The van der Waals surface area contributed by atoms with Crippen molar-refractivity contribution in [3.63, 3.8) is 0 Å². The number of nitrogens with zero attached hydrogens (tertiary/aromatic N) is 2. The van der Waals surface area contributed by atoms with E-state index in [4.69, 9.17) is 11.6 Å². The third kappa shape index (κ3) is 3.45. The molecule has 6 rings (SSSR count). The number of aromatic nitrogens is 2. The zero-order chi connectivity index (χ0) is 22.0. The smallest absolute Gasteiger partial charge is 0.303 e. The average molecular weight is 442 g/mol. The Balaban J connectivity index is 1.51. The maximum absolute atomic E-state index is 13.4. The second-order valence-corrected chi connectivity index (χ2v) is 10.7. The van der Waals surface area contributed by atoms with E-state index in [0.29, 0.717) is 23.9 Å². The molecule has 7 heteroatoms. The summed E-state index contributed by atoms with van der Waals surface area (Å²) in [5.74, 6) is 0.171. The number of nitrogens with one attached hydrogen (secondary N) is 1. The number of carboxylic acid groups (broad SMARTS) is 1. The van der Waals surface area contributed by atoms with Crippen LogP contribution in [0.5, 0.6) is 0 Å². The maximum Gasteiger partial charge on any atom is 0.303 e. The summed E-state index contributed by atoms with van der Waals surface area (Å²) in [5, 5.41) is 17.5. The van der Waals surface area contributed by atoms with Gasteiger partial charge in [0, 0.05) is 5.69 Å². The van der Waals surface area contributed by atoms with Gasteiger partial charge in [-0.05, 0) is 86.8 Å². The molecule has 4 bridgehead atoms. The fourth-order valence-corrected chi connectivity index (χ4v) is 7.23. The van der Waals surface area contributed by atoms with Crippen molar-refractivity contribution in [1.29, 1.82) is 0 Å². The lowest BCUT2D eigenvalue weighted by molar-refractivity contribution is -0.151. The van der Waals surface area contributed by atoms with Crippen molar-refractivity contribution in [2.24, 2.45) is 17.3 Å². The number of rotatable bonds is 5. The molecule has 2 N–H and O–H groups in total. The largest absolute Gasteiger partial charge is 0.481 e. The van der Waals surface area contributed by atoms with Crippen LogP contribution in [-0.4, -0.2) is 20.9 Å². The van der Waals surface area contributed by atoms with Gasteiger partial charge >= 0.3 is 5.97 Å². The van der Waals surface area contributed by atoms with Crippen LogP contribution in [0.2, 0.25) is 5.02 Å². The van der Waals surface area contributed by atoms with E-state index in [-0.39, 0.29) is 22.4 Å². The van der Waals surface area contributed by atoms with Crippen LogP contribution in [0.15, 0.2) is 29.2 Å². The lowest BCUT2D eigenvalue weighted by atomic mass is 9.46. The van der Waals surface area contributed by atoms with E-state index < -0.39 is 11.5 Å². The third-order valence-electron chi connectivity index (χ3n) is 7.71. The number of hydrogen-bond donors (Lipinski definition) is 2. The van der Waals surface area contributed by atoms with Crippen molar-refractivity contribution in [3.8, 4) is 0 Å². The van der Waals surface area contributed by atoms with Crippen LogP contribution in [0, 0.1) is 31.1 Å². The number of anilines is 2. The van der Waals surface area contributed by atoms with Gasteiger partial charge in [-0.3, -0.25) is 9.59 Å². The van der Waals surface area contributed by atoms with Gasteiger partial charge in [0.15, 0.2) is 0 Å². The molecule has 6 nitrogen and oxygen atoms in total. The minimum Gasteiger partial charge on any atom is -0.481 e. The van der Waals surface area contributed by atoms with E-state index in [1.165, 1.54) is 0 Å². The Bertz CT molecular complexity index is 1110. The van der Waals surface area contributed by atoms with Gasteiger partial charge in [-0.2, -0.15) is 5.10 Å². The molecule has 1 heterocycles. The van der Waals surface area contributed by atoms with Gasteiger partial charge in [0.1, 0.15) is 5.02 Å². The monoisotopic (exact) mass is 441 g/mol. The van der Waals surface area contributed by atoms with Crippen LogP contribution in [-0.2, 0) is 10.3 Å². The molecule has 0 unspecified atom stereocenters. The molecule has 31 heavy (non-hydrogen) atoms. The highest BCUT2D eigenvalue weighted by Crippen LogP contribution is 2.65. The van der Waals surface area contributed by atoms with Gasteiger partial charge < -0.3 is 10.4 Å². The van der Waals surface area contributed by atoms with E-state index in [0.717, 1.165) is 48.9 Å². The highest BCUT2D eigenvalue weighted by Gasteiger charge is 2.59. The molecule has 2 aromatic rings. The van der Waals surface area contributed by atoms with Crippen molar-refractivity contribution in [2.45, 2.75) is 64.3 Å². The van der Waals surface area contributed by atoms with Gasteiger partial charge in [0.05, 0.1) is 23.8 Å². The molecule has 4 aliphatic carbocycles. The van der Waals surface area contributed by atoms with Crippen molar-refractivity contribution in [2.75, 3.05) is 5.32 Å². The number of aliphatic carboxylic acids is 1. The Morgan fingerprint density at radius 1 is 1.23 bits per heavy atom. The molecule has 164 valence electrons. The maximum atomic E-state index is 13.4. The predicted molar refractivity (Wildman–Crippen MR) is 120 cm³/mol. The molecular weight excluding hydrogens is 414 g/mol. The Morgan fingerprint density at radius 3 is 2.61 bits per heavy atom. The summed E-state index contributed by atoms with van der Waals surface area (Å²) in [6, 6.07) is 6.09. The summed E-state index contributed by atoms with van der Waals surface area (Å²) in [7, 11) is 0. The van der Waals surface area contributed by atoms with E-state index in [1.54, 1.807) is 10.9 Å². The summed E-state index contributed by atoms with van der Waals surface area (Å²) in [4.78, 5) is 25.0. The topological polar surface area (TPSA) is 84.2 Å². The summed E-state index contributed by atoms with van der Waals surface area (Å²) < 4.78 is 1.59. The van der Waals surface area contributed by atoms with Crippen LogP contribution in [0.4, 0.5) is 11.4 Å². The number of benzene rings is 1. The minimum atomic E-state index is -0.747. The lowest BCUT2D eigenvalue weighted by Gasteiger charge is -2.61. The standard InChI is InChI=1S/C24H28ClN3O3/c1-14-3-4-15(2)18(5-14)27-19-12-26-28(22(31)21(19)25)24-9-16-6-17(10-24)8-23(7-16,13-24)11-20(29)30/h3-5,12,16-17,27H,6-11,13H2,1-2H3,(H,29,30)/t16-,17-,23?,24?/m0/s1. The quantitative estimate of drug-likeness (QED) is 0.679. The predicted octanol–water partition coefficient (Wildman–Crippen LogP) is 5.03. The Hall–Kier alpha value is -2.34. The Labute approximate surface area is 186 Å². The summed E-state index contributed by atoms with van der Waals surface area (Å²) in [6.45, 7) is 4.02. The number of carbonyl (C=O) groups is 1. The molecule has 1 aromatic carbocycles. The van der Waals surface area contributed by atoms with Crippen molar-refractivity contribution in [1.82, 2.24) is 9.78 Å². The molecular formula is C24H28ClN3O3. The summed E-state index contributed by atoms with van der Waals surface area (Å²) in [6.07, 6.45) is 7.34. The first kappa shape index (κ1) is 20.6. The normalized spacial score (nSPS) is 31.1. The first-order valence-electron chi connectivity index (χ1n) is 11.0. The number of halogens is 1. The van der Waals surface area contributed by atoms with E-state index >= 15 is 0 Å². The van der Waals surface area contributed by atoms with Crippen LogP contribution >= 0.6 is 11.6 Å². The Morgan fingerprint density at radius 2 is 1.94 bits per heavy atom. The average Bonchev–Trinajstić information content (AvgIpc) is 2.66. The molecule has 0 spiro atoms. The summed E-state index contributed by atoms with van der Waals surface area (Å²) >= 11 is 6.57. The van der Waals surface area contributed by atoms with Crippen LogP contribution in [0.25, 0.3) is 0 Å². The SMILES string of the molecule is Cc1ccc(C)c(Nc2cnn(C34C[C@H]5C[C@@H](CC(CC(=O)O)(C5)C3)C4)c(=O)c2Cl)c1. The lowest BCUT2D eigenvalue weighted by Crippen LogP contribution is -2.59. The van der Waals surface area contributed by atoms with Gasteiger partial charge in [-0.15, -0.1) is 0 Å². The van der Waals surface area contributed by atoms with Crippen molar-refractivity contribution < 1.29 is 9.90 Å². The number of aryl methyl sites for hydroxylation is 2. The zero-order valence-corrected chi connectivity index (χ0v) is 18.7. The first-order valence-corrected chi connectivity index (χ1v) is 11.4. The van der Waals surface area contributed by atoms with E-state index in [2.05, 4.69) is 10.4 Å². The molecule has 0 aliphatic heterocycles. The second kappa shape index (κ2) is 7.09. The minimum absolute atomic E-state index is 0.138. The molecule has 4 aliphatic rings. The van der Waals surface area contributed by atoms with Crippen LogP contribution in [0.1, 0.15) is 56.1 Å². The molecule has 0 amide bonds. The summed E-state index contributed by atoms with van der Waals surface area (Å²) in [5.41, 5.74) is 2.64. The van der Waals surface area contributed by atoms with Gasteiger partial charge in [-0.25, -0.2) is 4.68 Å².